The summed E-state index contributed by atoms with van der Waals surface area (Å²) in [4.78, 5) is 15.7. The third-order valence-electron chi connectivity index (χ3n) is 12.5. The zero-order valence-electron chi connectivity index (χ0n) is 34.4. The maximum atomic E-state index is 6.67. The van der Waals surface area contributed by atoms with E-state index in [0.29, 0.717) is 5.82 Å². The van der Waals surface area contributed by atoms with Crippen LogP contribution in [0.2, 0.25) is 0 Å². The number of furan rings is 1. The number of benzene rings is 9. The summed E-state index contributed by atoms with van der Waals surface area (Å²) in [6, 6.07) is 74.9. The van der Waals surface area contributed by atoms with Crippen LogP contribution < -0.4 is 0 Å². The van der Waals surface area contributed by atoms with Crippen LogP contribution >= 0.6 is 11.3 Å². The number of pyridine rings is 1. The highest BCUT2D eigenvalue weighted by Gasteiger charge is 2.20. The molecular weight excluding hydrogens is 799 g/mol. The number of fused-ring (bicyclic) bond motifs is 9. The minimum Gasteiger partial charge on any atom is -0.454 e. The first kappa shape index (κ1) is 36.4. The molecule has 4 nitrogen and oxygen atoms in total. The summed E-state index contributed by atoms with van der Waals surface area (Å²) >= 11 is 1.85. The summed E-state index contributed by atoms with van der Waals surface area (Å²) in [5, 5.41) is 8.12. The Morgan fingerprint density at radius 3 is 1.91 bits per heavy atom. The largest absolute Gasteiger partial charge is 0.454 e. The zero-order valence-corrected chi connectivity index (χ0v) is 35.2. The molecule has 9 aromatic carbocycles. The smallest absolute Gasteiger partial charge is 0.162 e. The minimum absolute atomic E-state index is 0.690. The number of aromatic nitrogens is 3. The maximum absolute atomic E-state index is 6.67. The van der Waals surface area contributed by atoms with Gasteiger partial charge in [-0.25, -0.2) is 15.0 Å². The Morgan fingerprint density at radius 1 is 0.375 bits per heavy atom. The molecule has 4 heterocycles. The molecule has 0 spiro atoms. The van der Waals surface area contributed by atoms with Crippen LogP contribution in [-0.4, -0.2) is 15.0 Å². The highest BCUT2D eigenvalue weighted by atomic mass is 32.1. The van der Waals surface area contributed by atoms with Gasteiger partial charge >= 0.3 is 0 Å². The first-order chi connectivity index (χ1) is 31.7. The first-order valence-corrected chi connectivity index (χ1v) is 22.3. The molecule has 0 saturated carbocycles. The molecule has 0 atom stereocenters. The van der Waals surface area contributed by atoms with E-state index < -0.39 is 0 Å². The normalized spacial score (nSPS) is 11.8. The SMILES string of the molecule is c1ccc(-c2nc(-c3ccc(-c4ccc5nc(-c6cccc7ccccc67)c6oc7ccccc7c6c5c4)cc3)cc(-c3cccc(-c4cccc5c4sc4ccccc45)c3)n2)cc1. The summed E-state index contributed by atoms with van der Waals surface area (Å²) in [5.41, 5.74) is 13.8. The summed E-state index contributed by atoms with van der Waals surface area (Å²) in [5.74, 6) is 0.690. The van der Waals surface area contributed by atoms with E-state index in [0.717, 1.165) is 94.3 Å². The Kier molecular flexibility index (Phi) is 8.36. The number of thiophene rings is 1. The van der Waals surface area contributed by atoms with Gasteiger partial charge in [-0.05, 0) is 69.4 Å². The summed E-state index contributed by atoms with van der Waals surface area (Å²) in [7, 11) is 0. The molecule has 0 fully saturated rings. The van der Waals surface area contributed by atoms with Gasteiger partial charge in [0.25, 0.3) is 0 Å². The summed E-state index contributed by atoms with van der Waals surface area (Å²) in [6.45, 7) is 0. The molecule has 0 aliphatic rings. The monoisotopic (exact) mass is 833 g/mol. The molecule has 0 bridgehead atoms. The Morgan fingerprint density at radius 2 is 1.02 bits per heavy atom. The van der Waals surface area contributed by atoms with Crippen LogP contribution in [-0.2, 0) is 0 Å². The fourth-order valence-electron chi connectivity index (χ4n) is 9.39. The molecule has 0 amide bonds. The molecule has 4 aromatic heterocycles. The van der Waals surface area contributed by atoms with Gasteiger partial charge in [-0.15, -0.1) is 11.3 Å². The van der Waals surface area contributed by atoms with Gasteiger partial charge in [0.15, 0.2) is 11.4 Å². The van der Waals surface area contributed by atoms with Crippen molar-refractivity contribution in [3.05, 3.63) is 212 Å². The number of para-hydroxylation sites is 1. The van der Waals surface area contributed by atoms with Crippen LogP contribution in [0.5, 0.6) is 0 Å². The van der Waals surface area contributed by atoms with Gasteiger partial charge in [0.1, 0.15) is 11.3 Å². The van der Waals surface area contributed by atoms with E-state index in [2.05, 4.69) is 182 Å². The molecule has 13 aromatic rings. The molecule has 0 saturated heterocycles. The van der Waals surface area contributed by atoms with E-state index in [4.69, 9.17) is 19.4 Å². The predicted molar refractivity (Wildman–Crippen MR) is 268 cm³/mol. The van der Waals surface area contributed by atoms with Gasteiger partial charge in [-0.1, -0.05) is 176 Å². The van der Waals surface area contributed by atoms with E-state index in [-0.39, 0.29) is 0 Å². The Bertz CT molecular complexity index is 3960. The van der Waals surface area contributed by atoms with Gasteiger partial charge in [0.05, 0.1) is 16.9 Å². The predicted octanol–water partition coefficient (Wildman–Crippen LogP) is 16.4. The van der Waals surface area contributed by atoms with Crippen molar-refractivity contribution >= 4 is 75.1 Å². The van der Waals surface area contributed by atoms with Crippen molar-refractivity contribution in [3.63, 3.8) is 0 Å². The molecule has 0 unspecified atom stereocenters. The van der Waals surface area contributed by atoms with Crippen LogP contribution in [0.1, 0.15) is 0 Å². The highest BCUT2D eigenvalue weighted by Crippen LogP contribution is 2.43. The van der Waals surface area contributed by atoms with Crippen LogP contribution in [0, 0.1) is 0 Å². The lowest BCUT2D eigenvalue weighted by Gasteiger charge is -2.12. The second-order valence-corrected chi connectivity index (χ2v) is 17.3. The second-order valence-electron chi connectivity index (χ2n) is 16.3. The van der Waals surface area contributed by atoms with Crippen LogP contribution in [0.25, 0.3) is 131 Å². The van der Waals surface area contributed by atoms with Crippen molar-refractivity contribution in [1.82, 2.24) is 15.0 Å². The zero-order chi connectivity index (χ0) is 42.1. The fraction of sp³-hybridized carbons (Fsp3) is 0. The highest BCUT2D eigenvalue weighted by molar-refractivity contribution is 7.26. The van der Waals surface area contributed by atoms with Crippen molar-refractivity contribution in [2.75, 3.05) is 0 Å². The molecular formula is C59H35N3OS. The molecule has 13 rings (SSSR count). The molecule has 0 aliphatic carbocycles. The molecule has 0 radical (unpaired) electrons. The van der Waals surface area contributed by atoms with Crippen molar-refractivity contribution in [2.24, 2.45) is 0 Å². The third kappa shape index (κ3) is 6.01. The van der Waals surface area contributed by atoms with E-state index in [1.54, 1.807) is 0 Å². The van der Waals surface area contributed by atoms with E-state index in [9.17, 15) is 0 Å². The lowest BCUT2D eigenvalue weighted by atomic mass is 9.96. The van der Waals surface area contributed by atoms with E-state index >= 15 is 0 Å². The van der Waals surface area contributed by atoms with Crippen LogP contribution in [0.3, 0.4) is 0 Å². The van der Waals surface area contributed by atoms with E-state index in [1.165, 1.54) is 31.1 Å². The molecule has 298 valence electrons. The van der Waals surface area contributed by atoms with Gasteiger partial charge in [-0.3, -0.25) is 0 Å². The first-order valence-electron chi connectivity index (χ1n) is 21.5. The van der Waals surface area contributed by atoms with Gasteiger partial charge < -0.3 is 4.42 Å². The maximum Gasteiger partial charge on any atom is 0.162 e. The quantitative estimate of drug-likeness (QED) is 0.167. The Balaban J connectivity index is 0.907. The Hall–Kier alpha value is -8.25. The van der Waals surface area contributed by atoms with Crippen molar-refractivity contribution in [1.29, 1.82) is 0 Å². The van der Waals surface area contributed by atoms with Gasteiger partial charge in [0, 0.05) is 58.6 Å². The van der Waals surface area contributed by atoms with Gasteiger partial charge in [0.2, 0.25) is 0 Å². The molecule has 64 heavy (non-hydrogen) atoms. The average molecular weight is 834 g/mol. The van der Waals surface area contributed by atoms with Crippen LogP contribution in [0.4, 0.5) is 0 Å². The average Bonchev–Trinajstić information content (AvgIpc) is 3.96. The van der Waals surface area contributed by atoms with Crippen LogP contribution in [0.15, 0.2) is 217 Å². The molecule has 0 N–H and O–H groups in total. The van der Waals surface area contributed by atoms with Crippen molar-refractivity contribution in [2.45, 2.75) is 0 Å². The number of hydrogen-bond acceptors (Lipinski definition) is 5. The van der Waals surface area contributed by atoms with E-state index in [1.807, 2.05) is 41.7 Å². The fourth-order valence-corrected chi connectivity index (χ4v) is 10.6. The lowest BCUT2D eigenvalue weighted by molar-refractivity contribution is 0.669. The Labute approximate surface area is 372 Å². The lowest BCUT2D eigenvalue weighted by Crippen LogP contribution is -1.96. The van der Waals surface area contributed by atoms with Crippen molar-refractivity contribution < 1.29 is 4.42 Å². The van der Waals surface area contributed by atoms with Gasteiger partial charge in [-0.2, -0.15) is 0 Å². The topological polar surface area (TPSA) is 51.8 Å². The third-order valence-corrected chi connectivity index (χ3v) is 13.7. The summed E-state index contributed by atoms with van der Waals surface area (Å²) < 4.78 is 9.27. The number of nitrogens with zero attached hydrogens (tertiary/aromatic N) is 3. The second kappa shape index (κ2) is 14.7. The number of hydrogen-bond donors (Lipinski definition) is 0. The standard InChI is InChI=1S/C59H35N3OS/c1-2-14-39(15-3-1)59-61-51(35-52(62-59)42-18-10-17-41(33-42)44-22-12-24-47-45-20-7-9-26-54(45)64-58(44)47)38-29-27-36(28-30-38)40-31-32-50-49(34-40)55-48-21-6-8-25-53(48)63-57(55)56(60-50)46-23-11-16-37-13-4-5-19-43(37)46/h1-35H. The minimum atomic E-state index is 0.690. The van der Waals surface area contributed by atoms with Crippen molar-refractivity contribution in [3.8, 4) is 67.4 Å². The summed E-state index contributed by atoms with van der Waals surface area (Å²) in [6.07, 6.45) is 0. The number of rotatable bonds is 6. The molecule has 5 heteroatoms. The molecule has 0 aliphatic heterocycles.